The van der Waals surface area contributed by atoms with Crippen LogP contribution < -0.4 is 21.0 Å². The number of halogens is 1. The normalized spacial score (nSPS) is 19.5. The lowest BCUT2D eigenvalue weighted by atomic mass is 10.2. The van der Waals surface area contributed by atoms with Crippen LogP contribution in [0.4, 0.5) is 16.0 Å². The lowest BCUT2D eigenvalue weighted by Crippen LogP contribution is -2.31. The molecule has 0 unspecified atom stereocenters. The first-order valence-corrected chi connectivity index (χ1v) is 9.94. The molecule has 4 heterocycles. The van der Waals surface area contributed by atoms with Gasteiger partial charge in [-0.2, -0.15) is 9.61 Å². The third kappa shape index (κ3) is 3.40. The zero-order chi connectivity index (χ0) is 22.2. The quantitative estimate of drug-likeness (QED) is 0.506. The minimum atomic E-state index is -1.01. The molecular formula is C21H19FN8O2. The summed E-state index contributed by atoms with van der Waals surface area (Å²) in [5.74, 6) is 2.47. The van der Waals surface area contributed by atoms with E-state index < -0.39 is 18.1 Å². The van der Waals surface area contributed by atoms with E-state index in [1.807, 2.05) is 18.1 Å². The molecule has 3 aromatic heterocycles. The molecule has 1 amide bonds. The maximum absolute atomic E-state index is 13.2. The van der Waals surface area contributed by atoms with E-state index in [0.717, 1.165) is 0 Å². The van der Waals surface area contributed by atoms with Crippen molar-refractivity contribution < 1.29 is 14.0 Å². The highest BCUT2D eigenvalue weighted by Crippen LogP contribution is 2.27. The molecule has 11 heteroatoms. The predicted octanol–water partition coefficient (Wildman–Crippen LogP) is 1.59. The van der Waals surface area contributed by atoms with Gasteiger partial charge in [-0.3, -0.25) is 9.47 Å². The smallest absolute Gasteiger partial charge is 0.257 e. The lowest BCUT2D eigenvalue weighted by Gasteiger charge is -2.26. The molecule has 1 saturated carbocycles. The molecular weight excluding hydrogens is 415 g/mol. The fraction of sp³-hybridized carbons (Fsp3) is 0.190. The van der Waals surface area contributed by atoms with E-state index in [-0.39, 0.29) is 11.3 Å². The first-order valence-electron chi connectivity index (χ1n) is 9.94. The fourth-order valence-electron chi connectivity index (χ4n) is 3.42. The van der Waals surface area contributed by atoms with E-state index in [0.29, 0.717) is 29.4 Å². The van der Waals surface area contributed by atoms with Gasteiger partial charge in [0.2, 0.25) is 0 Å². The van der Waals surface area contributed by atoms with Crippen LogP contribution in [0.5, 0.6) is 0 Å². The SMILES string of the molecule is CNc1cc(NC2=CC=CN(n3cccc3)C2=C=O)nc2c(C(=O)N[C@@H]3C[C@@H]3F)cnn12. The molecule has 0 radical (unpaired) electrons. The second-order valence-corrected chi connectivity index (χ2v) is 7.31. The summed E-state index contributed by atoms with van der Waals surface area (Å²) in [6.07, 6.45) is 9.53. The number of carbonyl (C=O) groups excluding carboxylic acids is 2. The highest BCUT2D eigenvalue weighted by atomic mass is 19.1. The van der Waals surface area contributed by atoms with Crippen molar-refractivity contribution in [3.05, 3.63) is 72.1 Å². The maximum atomic E-state index is 13.2. The van der Waals surface area contributed by atoms with E-state index in [1.165, 1.54) is 10.7 Å². The molecule has 5 rings (SSSR count). The van der Waals surface area contributed by atoms with Gasteiger partial charge in [0.1, 0.15) is 23.4 Å². The van der Waals surface area contributed by atoms with Crippen molar-refractivity contribution in [3.8, 4) is 0 Å². The van der Waals surface area contributed by atoms with E-state index in [4.69, 9.17) is 0 Å². The predicted molar refractivity (Wildman–Crippen MR) is 116 cm³/mol. The molecule has 162 valence electrons. The number of nitrogens with one attached hydrogen (secondary N) is 3. The van der Waals surface area contributed by atoms with Crippen molar-refractivity contribution in [1.29, 1.82) is 0 Å². The Morgan fingerprint density at radius 3 is 2.78 bits per heavy atom. The summed E-state index contributed by atoms with van der Waals surface area (Å²) in [6.45, 7) is 0. The Morgan fingerprint density at radius 2 is 2.09 bits per heavy atom. The highest BCUT2D eigenvalue weighted by molar-refractivity contribution is 6.00. The number of aromatic nitrogens is 4. The number of hydrogen-bond acceptors (Lipinski definition) is 7. The average molecular weight is 434 g/mol. The summed E-state index contributed by atoms with van der Waals surface area (Å²) in [6, 6.07) is 4.91. The molecule has 1 fully saturated rings. The summed E-state index contributed by atoms with van der Waals surface area (Å²) in [7, 11) is 1.71. The molecule has 1 aliphatic heterocycles. The van der Waals surface area contributed by atoms with E-state index >= 15 is 0 Å². The van der Waals surface area contributed by atoms with E-state index in [1.54, 1.807) is 53.5 Å². The van der Waals surface area contributed by atoms with Gasteiger partial charge >= 0.3 is 0 Å². The molecule has 1 aliphatic carbocycles. The number of amides is 1. The second-order valence-electron chi connectivity index (χ2n) is 7.31. The van der Waals surface area contributed by atoms with Crippen molar-refractivity contribution in [2.45, 2.75) is 18.6 Å². The molecule has 0 bridgehead atoms. The molecule has 32 heavy (non-hydrogen) atoms. The number of carbonyl (C=O) groups is 1. The van der Waals surface area contributed by atoms with Gasteiger partial charge in [0.15, 0.2) is 17.3 Å². The Hall–Kier alpha value is -4.37. The van der Waals surface area contributed by atoms with Crippen LogP contribution in [0.15, 0.2) is 66.5 Å². The van der Waals surface area contributed by atoms with Crippen molar-refractivity contribution >= 4 is 29.1 Å². The lowest BCUT2D eigenvalue weighted by molar-refractivity contribution is 0.0949. The summed E-state index contributed by atoms with van der Waals surface area (Å²) in [5, 5.41) is 14.6. The third-order valence-corrected chi connectivity index (χ3v) is 5.17. The number of anilines is 2. The molecule has 0 spiro atoms. The number of nitrogens with zero attached hydrogens (tertiary/aromatic N) is 5. The van der Waals surface area contributed by atoms with Gasteiger partial charge in [0, 0.05) is 38.1 Å². The van der Waals surface area contributed by atoms with Crippen LogP contribution in [0.2, 0.25) is 0 Å². The van der Waals surface area contributed by atoms with Crippen LogP contribution in [0.25, 0.3) is 5.65 Å². The summed E-state index contributed by atoms with van der Waals surface area (Å²) in [4.78, 5) is 28.9. The van der Waals surface area contributed by atoms with Gasteiger partial charge in [-0.05, 0) is 24.3 Å². The zero-order valence-electron chi connectivity index (χ0n) is 17.0. The average Bonchev–Trinajstić information content (AvgIpc) is 3.19. The zero-order valence-corrected chi connectivity index (χ0v) is 17.0. The first-order chi connectivity index (χ1) is 15.6. The Labute approximate surface area is 181 Å². The van der Waals surface area contributed by atoms with Gasteiger partial charge in [0.25, 0.3) is 5.91 Å². The number of rotatable bonds is 6. The van der Waals surface area contributed by atoms with Crippen LogP contribution in [0.1, 0.15) is 16.8 Å². The molecule has 3 N–H and O–H groups in total. The van der Waals surface area contributed by atoms with Crippen molar-refractivity contribution in [2.75, 3.05) is 22.7 Å². The van der Waals surface area contributed by atoms with Gasteiger partial charge in [-0.1, -0.05) is 0 Å². The highest BCUT2D eigenvalue weighted by Gasteiger charge is 2.39. The van der Waals surface area contributed by atoms with Gasteiger partial charge in [-0.15, -0.1) is 0 Å². The molecule has 3 aromatic rings. The maximum Gasteiger partial charge on any atom is 0.257 e. The first kappa shape index (κ1) is 19.6. The molecule has 2 atom stereocenters. The van der Waals surface area contributed by atoms with Gasteiger partial charge in [-0.25, -0.2) is 19.2 Å². The van der Waals surface area contributed by atoms with Crippen molar-refractivity contribution in [1.82, 2.24) is 24.6 Å². The van der Waals surface area contributed by atoms with Gasteiger partial charge in [0.05, 0.1) is 17.9 Å². The third-order valence-electron chi connectivity index (χ3n) is 5.17. The largest absolute Gasteiger partial charge is 0.373 e. The van der Waals surface area contributed by atoms with Crippen LogP contribution in [-0.2, 0) is 4.79 Å². The molecule has 0 saturated heterocycles. The van der Waals surface area contributed by atoms with Crippen LogP contribution >= 0.6 is 0 Å². The number of hydrogen-bond donors (Lipinski definition) is 3. The van der Waals surface area contributed by atoms with Crippen LogP contribution in [-0.4, -0.2) is 50.4 Å². The Bertz CT molecular complexity index is 1300. The van der Waals surface area contributed by atoms with E-state index in [2.05, 4.69) is 26.0 Å². The minimum Gasteiger partial charge on any atom is -0.373 e. The molecule has 0 aromatic carbocycles. The fourth-order valence-corrected chi connectivity index (χ4v) is 3.42. The topological polar surface area (TPSA) is 109 Å². The van der Waals surface area contributed by atoms with Crippen LogP contribution in [0.3, 0.4) is 0 Å². The summed E-state index contributed by atoms with van der Waals surface area (Å²) in [5.41, 5.74) is 1.24. The van der Waals surface area contributed by atoms with Crippen molar-refractivity contribution in [3.63, 3.8) is 0 Å². The van der Waals surface area contributed by atoms with Crippen LogP contribution in [0, 0.1) is 0 Å². The van der Waals surface area contributed by atoms with E-state index in [9.17, 15) is 14.0 Å². The Morgan fingerprint density at radius 1 is 1.31 bits per heavy atom. The minimum absolute atomic E-state index is 0.224. The van der Waals surface area contributed by atoms with Crippen molar-refractivity contribution in [2.24, 2.45) is 0 Å². The Balaban J connectivity index is 1.48. The second kappa shape index (κ2) is 7.71. The number of alkyl halides is 1. The Kier molecular flexibility index (Phi) is 4.72. The number of fused-ring (bicyclic) bond motifs is 1. The summed E-state index contributed by atoms with van der Waals surface area (Å²) < 4.78 is 16.4. The van der Waals surface area contributed by atoms with Gasteiger partial charge < -0.3 is 16.0 Å². The monoisotopic (exact) mass is 434 g/mol. The molecule has 2 aliphatic rings. The standard InChI is InChI=1S/C21H19FN8O2/c1-23-19-10-18(25-15-5-4-8-29(17(15)12-31)28-6-2-3-7-28)27-20-13(11-24-30(19)20)21(32)26-16-9-14(16)22/h2-8,10-11,14,16,23H,9H2,1H3,(H,25,27)(H,26,32)/t14-,16+/m0/s1. The number of allylic oxidation sites excluding steroid dienone is 2. The summed E-state index contributed by atoms with van der Waals surface area (Å²) >= 11 is 0. The molecule has 10 nitrogen and oxygen atoms in total.